The molecule has 1 aromatic carbocycles. The highest BCUT2D eigenvalue weighted by molar-refractivity contribution is 5.83. The average molecular weight is 284 g/mol. The summed E-state index contributed by atoms with van der Waals surface area (Å²) >= 11 is 0. The summed E-state index contributed by atoms with van der Waals surface area (Å²) in [7, 11) is 0. The van der Waals surface area contributed by atoms with Crippen molar-refractivity contribution in [3.63, 3.8) is 0 Å². The minimum Gasteiger partial charge on any atom is -0.485 e. The van der Waals surface area contributed by atoms with Gasteiger partial charge in [-0.05, 0) is 44.1 Å². The van der Waals surface area contributed by atoms with Gasteiger partial charge in [0.25, 0.3) is 0 Å². The summed E-state index contributed by atoms with van der Waals surface area (Å²) in [5.41, 5.74) is 2.99. The molecule has 1 aliphatic rings. The van der Waals surface area contributed by atoms with Crippen LogP contribution in [0.15, 0.2) is 53.6 Å². The van der Waals surface area contributed by atoms with E-state index in [4.69, 9.17) is 9.47 Å². The highest BCUT2D eigenvalue weighted by Crippen LogP contribution is 2.29. The van der Waals surface area contributed by atoms with Gasteiger partial charge in [0.1, 0.15) is 11.9 Å². The van der Waals surface area contributed by atoms with Crippen molar-refractivity contribution in [3.8, 4) is 5.75 Å². The van der Waals surface area contributed by atoms with E-state index in [9.17, 15) is 4.79 Å². The third kappa shape index (κ3) is 4.09. The Morgan fingerprint density at radius 3 is 2.90 bits per heavy atom. The second kappa shape index (κ2) is 6.93. The fourth-order valence-electron chi connectivity index (χ4n) is 2.09. The smallest absolute Gasteiger partial charge is 0.330 e. The zero-order chi connectivity index (χ0) is 15.2. The zero-order valence-corrected chi connectivity index (χ0v) is 12.6. The van der Waals surface area contributed by atoms with Crippen molar-refractivity contribution in [1.82, 2.24) is 0 Å². The van der Waals surface area contributed by atoms with Gasteiger partial charge in [-0.15, -0.1) is 0 Å². The van der Waals surface area contributed by atoms with Gasteiger partial charge in [0.15, 0.2) is 0 Å². The lowest BCUT2D eigenvalue weighted by molar-refractivity contribution is -0.137. The Morgan fingerprint density at radius 2 is 2.14 bits per heavy atom. The van der Waals surface area contributed by atoms with Crippen LogP contribution in [0.3, 0.4) is 0 Å². The van der Waals surface area contributed by atoms with E-state index in [0.717, 1.165) is 22.5 Å². The Kier molecular flexibility index (Phi) is 4.99. The molecule has 0 saturated carbocycles. The topological polar surface area (TPSA) is 35.5 Å². The molecule has 1 aliphatic heterocycles. The van der Waals surface area contributed by atoms with Crippen LogP contribution in [0.5, 0.6) is 5.75 Å². The molecule has 1 heterocycles. The molecule has 1 atom stereocenters. The molecule has 0 amide bonds. The van der Waals surface area contributed by atoms with E-state index in [2.05, 4.69) is 6.08 Å². The number of hydrogen-bond donors (Lipinski definition) is 0. The van der Waals surface area contributed by atoms with Gasteiger partial charge in [-0.2, -0.15) is 0 Å². The van der Waals surface area contributed by atoms with Crippen LogP contribution in [0.25, 0.3) is 6.08 Å². The van der Waals surface area contributed by atoms with Crippen LogP contribution in [-0.2, 0) is 9.53 Å². The molecule has 0 spiro atoms. The number of carbonyl (C=O) groups excluding carboxylic acids is 1. The molecule has 110 valence electrons. The SMILES string of the molecule is CCOC(=O)/C=C(C)/C=C/C1=Cc2ccccc2OC1C. The summed E-state index contributed by atoms with van der Waals surface area (Å²) in [4.78, 5) is 11.4. The first kappa shape index (κ1) is 15.1. The quantitative estimate of drug-likeness (QED) is 0.477. The van der Waals surface area contributed by atoms with Gasteiger partial charge < -0.3 is 9.47 Å². The van der Waals surface area contributed by atoms with E-state index in [0.29, 0.717) is 6.61 Å². The number of fused-ring (bicyclic) bond motifs is 1. The standard InChI is InChI=1S/C18H20O3/c1-4-20-18(19)11-13(2)9-10-15-12-16-7-5-6-8-17(16)21-14(15)3/h5-12,14H,4H2,1-3H3/b10-9+,13-11+. The number of rotatable bonds is 4. The third-order valence-electron chi connectivity index (χ3n) is 3.19. The Morgan fingerprint density at radius 1 is 1.38 bits per heavy atom. The van der Waals surface area contributed by atoms with E-state index < -0.39 is 0 Å². The maximum atomic E-state index is 11.4. The van der Waals surface area contributed by atoms with Crippen molar-refractivity contribution in [1.29, 1.82) is 0 Å². The van der Waals surface area contributed by atoms with Gasteiger partial charge in [-0.3, -0.25) is 0 Å². The predicted molar refractivity (Wildman–Crippen MR) is 84.0 cm³/mol. The Labute approximate surface area is 125 Å². The lowest BCUT2D eigenvalue weighted by Gasteiger charge is -2.22. The molecule has 0 saturated heterocycles. The van der Waals surface area contributed by atoms with E-state index >= 15 is 0 Å². The molecular formula is C18H20O3. The molecule has 0 bridgehead atoms. The number of benzene rings is 1. The van der Waals surface area contributed by atoms with Gasteiger partial charge in [-0.1, -0.05) is 30.4 Å². The van der Waals surface area contributed by atoms with E-state index in [1.165, 1.54) is 6.08 Å². The minimum atomic E-state index is -0.313. The highest BCUT2D eigenvalue weighted by Gasteiger charge is 2.16. The lowest BCUT2D eigenvalue weighted by Crippen LogP contribution is -2.17. The monoisotopic (exact) mass is 284 g/mol. The van der Waals surface area contributed by atoms with Crippen LogP contribution in [-0.4, -0.2) is 18.7 Å². The molecule has 3 nitrogen and oxygen atoms in total. The molecule has 3 heteroatoms. The first-order valence-electron chi connectivity index (χ1n) is 7.10. The van der Waals surface area contributed by atoms with Crippen molar-refractivity contribution >= 4 is 12.0 Å². The van der Waals surface area contributed by atoms with E-state index in [1.807, 2.05) is 50.3 Å². The lowest BCUT2D eigenvalue weighted by atomic mass is 10.0. The second-order valence-corrected chi connectivity index (χ2v) is 4.92. The molecular weight excluding hydrogens is 264 g/mol. The normalized spacial score (nSPS) is 18.0. The maximum absolute atomic E-state index is 11.4. The van der Waals surface area contributed by atoms with Crippen LogP contribution in [0.1, 0.15) is 26.3 Å². The summed E-state index contributed by atoms with van der Waals surface area (Å²) in [6.07, 6.45) is 7.47. The summed E-state index contributed by atoms with van der Waals surface area (Å²) in [6.45, 7) is 6.06. The van der Waals surface area contributed by atoms with Crippen LogP contribution in [0.2, 0.25) is 0 Å². The van der Waals surface area contributed by atoms with Crippen LogP contribution in [0.4, 0.5) is 0 Å². The molecule has 0 fully saturated rings. The molecule has 0 aromatic heterocycles. The molecule has 1 unspecified atom stereocenters. The molecule has 0 N–H and O–H groups in total. The number of para-hydroxylation sites is 1. The average Bonchev–Trinajstić information content (AvgIpc) is 2.45. The number of carbonyl (C=O) groups is 1. The number of ether oxygens (including phenoxy) is 2. The van der Waals surface area contributed by atoms with Crippen LogP contribution >= 0.6 is 0 Å². The minimum absolute atomic E-state index is 0.00783. The molecule has 21 heavy (non-hydrogen) atoms. The number of esters is 1. The van der Waals surface area contributed by atoms with E-state index in [-0.39, 0.29) is 12.1 Å². The van der Waals surface area contributed by atoms with Gasteiger partial charge >= 0.3 is 5.97 Å². The summed E-state index contributed by atoms with van der Waals surface area (Å²) in [5, 5.41) is 0. The fraction of sp³-hybridized carbons (Fsp3) is 0.278. The number of hydrogen-bond acceptors (Lipinski definition) is 3. The predicted octanol–water partition coefficient (Wildman–Crippen LogP) is 3.92. The van der Waals surface area contributed by atoms with Crippen molar-refractivity contribution in [2.75, 3.05) is 6.61 Å². The van der Waals surface area contributed by atoms with Crippen molar-refractivity contribution in [3.05, 3.63) is 59.2 Å². The molecule has 1 aromatic rings. The molecule has 2 rings (SSSR count). The Hall–Kier alpha value is -2.29. The maximum Gasteiger partial charge on any atom is 0.330 e. The van der Waals surface area contributed by atoms with Gasteiger partial charge in [0.05, 0.1) is 6.61 Å². The Balaban J connectivity index is 2.14. The van der Waals surface area contributed by atoms with Gasteiger partial charge in [0.2, 0.25) is 0 Å². The first-order chi connectivity index (χ1) is 10.1. The van der Waals surface area contributed by atoms with Crippen molar-refractivity contribution < 1.29 is 14.3 Å². The second-order valence-electron chi connectivity index (χ2n) is 4.92. The number of allylic oxidation sites excluding steroid dienone is 2. The molecule has 0 aliphatic carbocycles. The van der Waals surface area contributed by atoms with E-state index in [1.54, 1.807) is 6.92 Å². The summed E-state index contributed by atoms with van der Waals surface area (Å²) < 4.78 is 10.7. The molecule has 0 radical (unpaired) electrons. The first-order valence-corrected chi connectivity index (χ1v) is 7.10. The largest absolute Gasteiger partial charge is 0.485 e. The Bertz CT molecular complexity index is 609. The summed E-state index contributed by atoms with van der Waals surface area (Å²) in [5.74, 6) is 0.591. The summed E-state index contributed by atoms with van der Waals surface area (Å²) in [6, 6.07) is 7.94. The van der Waals surface area contributed by atoms with Crippen molar-refractivity contribution in [2.45, 2.75) is 26.9 Å². The van der Waals surface area contributed by atoms with Gasteiger partial charge in [0, 0.05) is 11.6 Å². The van der Waals surface area contributed by atoms with Crippen LogP contribution in [0, 0.1) is 0 Å². The van der Waals surface area contributed by atoms with Crippen LogP contribution < -0.4 is 4.74 Å². The van der Waals surface area contributed by atoms with Gasteiger partial charge in [-0.25, -0.2) is 4.79 Å². The fourth-order valence-corrected chi connectivity index (χ4v) is 2.09. The highest BCUT2D eigenvalue weighted by atomic mass is 16.5. The third-order valence-corrected chi connectivity index (χ3v) is 3.19. The zero-order valence-electron chi connectivity index (χ0n) is 12.6. The van der Waals surface area contributed by atoms with Crippen molar-refractivity contribution in [2.24, 2.45) is 0 Å².